The number of methoxy groups -OCH3 is 1. The maximum atomic E-state index is 11.2. The molecule has 124 valence electrons. The summed E-state index contributed by atoms with van der Waals surface area (Å²) in [4.78, 5) is 12.8. The van der Waals surface area contributed by atoms with Crippen LogP contribution in [-0.2, 0) is 21.5 Å². The van der Waals surface area contributed by atoms with Crippen molar-refractivity contribution in [1.29, 1.82) is 0 Å². The summed E-state index contributed by atoms with van der Waals surface area (Å²) < 4.78 is 4.62. The quantitative estimate of drug-likeness (QED) is 0.840. The van der Waals surface area contributed by atoms with Crippen LogP contribution in [0.2, 0.25) is 0 Å². The lowest BCUT2D eigenvalue weighted by atomic mass is 10.0. The predicted molar refractivity (Wildman–Crippen MR) is 86.6 cm³/mol. The second-order valence-corrected chi connectivity index (χ2v) is 6.51. The van der Waals surface area contributed by atoms with Crippen LogP contribution in [-0.4, -0.2) is 39.3 Å². The number of nitrogens with zero attached hydrogens (tertiary/aromatic N) is 4. The first-order valence-electron chi connectivity index (χ1n) is 7.52. The average Bonchev–Trinajstić information content (AvgIpc) is 2.97. The number of hydrogen-bond donors (Lipinski definition) is 1. The lowest BCUT2D eigenvalue weighted by molar-refractivity contribution is -0.140. The lowest BCUT2D eigenvalue weighted by Gasteiger charge is -2.15. The van der Waals surface area contributed by atoms with Crippen LogP contribution >= 0.6 is 0 Å². The molecule has 0 amide bonds. The van der Waals surface area contributed by atoms with Crippen molar-refractivity contribution >= 4 is 5.97 Å². The van der Waals surface area contributed by atoms with E-state index in [1.165, 1.54) is 7.11 Å². The first-order valence-corrected chi connectivity index (χ1v) is 7.52. The molecule has 0 aliphatic heterocycles. The normalized spacial score (nSPS) is 12.9. The Morgan fingerprint density at radius 2 is 1.96 bits per heavy atom. The molecule has 0 saturated carbocycles. The molecule has 1 heterocycles. The van der Waals surface area contributed by atoms with Crippen LogP contribution in [0.5, 0.6) is 0 Å². The molecule has 0 aliphatic carbocycles. The molecule has 1 aromatic carbocycles. The van der Waals surface area contributed by atoms with Crippen molar-refractivity contribution in [3.8, 4) is 11.4 Å². The molecule has 2 aromatic rings. The van der Waals surface area contributed by atoms with E-state index in [9.17, 15) is 4.79 Å². The average molecular weight is 317 g/mol. The van der Waals surface area contributed by atoms with Crippen LogP contribution in [0.4, 0.5) is 0 Å². The Balaban J connectivity index is 2.05. The highest BCUT2D eigenvalue weighted by atomic mass is 16.5. The van der Waals surface area contributed by atoms with E-state index in [0.29, 0.717) is 12.2 Å². The third-order valence-electron chi connectivity index (χ3n) is 3.38. The van der Waals surface area contributed by atoms with E-state index in [1.54, 1.807) is 4.80 Å². The van der Waals surface area contributed by atoms with Crippen LogP contribution in [0.1, 0.15) is 32.8 Å². The van der Waals surface area contributed by atoms with Gasteiger partial charge in [0.1, 0.15) is 0 Å². The second kappa shape index (κ2) is 6.87. The van der Waals surface area contributed by atoms with Crippen molar-refractivity contribution in [2.24, 2.45) is 5.73 Å². The first kappa shape index (κ1) is 17.1. The zero-order valence-corrected chi connectivity index (χ0v) is 14.0. The molecule has 7 nitrogen and oxygen atoms in total. The number of tetrazole rings is 1. The molecule has 7 heteroatoms. The van der Waals surface area contributed by atoms with Gasteiger partial charge in [-0.15, -0.1) is 10.2 Å². The minimum atomic E-state index is -0.294. The maximum Gasteiger partial charge on any atom is 0.307 e. The van der Waals surface area contributed by atoms with Crippen molar-refractivity contribution in [2.45, 2.75) is 45.2 Å². The fourth-order valence-electron chi connectivity index (χ4n) is 2.08. The number of nitrogens with two attached hydrogens (primary N) is 1. The zero-order valence-electron chi connectivity index (χ0n) is 14.0. The first-order chi connectivity index (χ1) is 10.8. The molecule has 23 heavy (non-hydrogen) atoms. The van der Waals surface area contributed by atoms with Crippen molar-refractivity contribution in [1.82, 2.24) is 20.2 Å². The van der Waals surface area contributed by atoms with Gasteiger partial charge in [0, 0.05) is 11.6 Å². The molecule has 2 N–H and O–H groups in total. The van der Waals surface area contributed by atoms with E-state index in [4.69, 9.17) is 5.73 Å². The fourth-order valence-corrected chi connectivity index (χ4v) is 2.08. The summed E-state index contributed by atoms with van der Waals surface area (Å²) in [5, 5.41) is 12.6. The molecule has 1 aromatic heterocycles. The lowest BCUT2D eigenvalue weighted by Crippen LogP contribution is -2.26. The number of aromatic nitrogens is 4. The predicted octanol–water partition coefficient (Wildman–Crippen LogP) is 1.53. The summed E-state index contributed by atoms with van der Waals surface area (Å²) >= 11 is 0. The van der Waals surface area contributed by atoms with Gasteiger partial charge in [-0.2, -0.15) is 4.80 Å². The van der Waals surface area contributed by atoms with Crippen LogP contribution in [0.15, 0.2) is 24.3 Å². The van der Waals surface area contributed by atoms with E-state index in [0.717, 1.165) is 11.1 Å². The minimum Gasteiger partial charge on any atom is -0.469 e. The van der Waals surface area contributed by atoms with Gasteiger partial charge < -0.3 is 10.5 Å². The Morgan fingerprint density at radius 1 is 1.30 bits per heavy atom. The molecule has 0 fully saturated rings. The van der Waals surface area contributed by atoms with Gasteiger partial charge in [0.25, 0.3) is 0 Å². The second-order valence-electron chi connectivity index (χ2n) is 6.51. The number of benzene rings is 1. The van der Waals surface area contributed by atoms with Crippen molar-refractivity contribution in [2.75, 3.05) is 7.11 Å². The van der Waals surface area contributed by atoms with E-state index < -0.39 is 0 Å². The van der Waals surface area contributed by atoms with Crippen molar-refractivity contribution in [3.63, 3.8) is 0 Å². The molecule has 2 rings (SSSR count). The molecular formula is C16H23N5O2. The molecular weight excluding hydrogens is 294 g/mol. The largest absolute Gasteiger partial charge is 0.469 e. The number of hydrogen-bond acceptors (Lipinski definition) is 6. The fraction of sp³-hybridized carbons (Fsp3) is 0.500. The highest BCUT2D eigenvalue weighted by Gasteiger charge is 2.17. The number of carbonyl (C=O) groups excluding carboxylic acids is 1. The Hall–Kier alpha value is -2.28. The van der Waals surface area contributed by atoms with E-state index in [-0.39, 0.29) is 24.0 Å². The Labute approximate surface area is 135 Å². The van der Waals surface area contributed by atoms with Gasteiger partial charge >= 0.3 is 5.97 Å². The van der Waals surface area contributed by atoms with E-state index in [1.807, 2.05) is 45.0 Å². The van der Waals surface area contributed by atoms with Gasteiger partial charge in [0.05, 0.1) is 19.1 Å². The minimum absolute atomic E-state index is 0.203. The Morgan fingerprint density at radius 3 is 2.48 bits per heavy atom. The summed E-state index contributed by atoms with van der Waals surface area (Å²) in [6.07, 6.45) is 0.817. The van der Waals surface area contributed by atoms with Crippen LogP contribution in [0.3, 0.4) is 0 Å². The van der Waals surface area contributed by atoms with E-state index in [2.05, 4.69) is 20.1 Å². The van der Waals surface area contributed by atoms with Gasteiger partial charge in [-0.25, -0.2) is 0 Å². The highest BCUT2D eigenvalue weighted by Crippen LogP contribution is 2.18. The Bertz CT molecular complexity index is 658. The van der Waals surface area contributed by atoms with E-state index >= 15 is 0 Å². The number of esters is 1. The van der Waals surface area contributed by atoms with Gasteiger partial charge in [-0.05, 0) is 38.0 Å². The topological polar surface area (TPSA) is 95.9 Å². The highest BCUT2D eigenvalue weighted by molar-refractivity contribution is 5.69. The van der Waals surface area contributed by atoms with Gasteiger partial charge in [-0.3, -0.25) is 4.79 Å². The molecule has 0 radical (unpaired) electrons. The monoisotopic (exact) mass is 317 g/mol. The Kier molecular flexibility index (Phi) is 5.10. The van der Waals surface area contributed by atoms with Crippen LogP contribution < -0.4 is 5.73 Å². The maximum absolute atomic E-state index is 11.2. The summed E-state index contributed by atoms with van der Waals surface area (Å²) in [7, 11) is 1.36. The molecule has 0 bridgehead atoms. The molecule has 1 unspecified atom stereocenters. The summed E-state index contributed by atoms with van der Waals surface area (Å²) in [6, 6.07) is 7.54. The smallest absolute Gasteiger partial charge is 0.307 e. The third-order valence-corrected chi connectivity index (χ3v) is 3.38. The summed E-state index contributed by atoms with van der Waals surface area (Å²) in [6.45, 7) is 6.05. The van der Waals surface area contributed by atoms with Gasteiger partial charge in [0.15, 0.2) is 0 Å². The molecule has 1 atom stereocenters. The summed E-state index contributed by atoms with van der Waals surface area (Å²) in [5.74, 6) is 0.294. The molecule has 0 spiro atoms. The molecule has 0 saturated heterocycles. The molecule has 0 aliphatic rings. The number of carbonyl (C=O) groups is 1. The standard InChI is InChI=1S/C16H23N5O2/c1-16(2,3)21-19-15(18-20-21)12-7-5-11(6-8-12)9-13(17)10-14(22)23-4/h5-8,13H,9-10,17H2,1-4H3. The van der Waals surface area contributed by atoms with Gasteiger partial charge in [0.2, 0.25) is 5.82 Å². The zero-order chi connectivity index (χ0) is 17.0. The van der Waals surface area contributed by atoms with Crippen LogP contribution in [0.25, 0.3) is 11.4 Å². The van der Waals surface area contributed by atoms with Crippen LogP contribution in [0, 0.1) is 0 Å². The third kappa shape index (κ3) is 4.59. The van der Waals surface area contributed by atoms with Gasteiger partial charge in [-0.1, -0.05) is 24.3 Å². The number of rotatable bonds is 5. The summed E-state index contributed by atoms with van der Waals surface area (Å²) in [5.41, 5.74) is 7.68. The van der Waals surface area contributed by atoms with Crippen molar-refractivity contribution in [3.05, 3.63) is 29.8 Å². The van der Waals surface area contributed by atoms with Crippen molar-refractivity contribution < 1.29 is 9.53 Å². The SMILES string of the molecule is COC(=O)CC(N)Cc1ccc(-c2nnn(C(C)(C)C)n2)cc1. The number of ether oxygens (including phenoxy) is 1.